The fraction of sp³-hybridized carbons (Fsp3) is 0.111. The van der Waals surface area contributed by atoms with E-state index >= 15 is 0 Å². The normalized spacial score (nSPS) is 16.3. The van der Waals surface area contributed by atoms with Crippen molar-refractivity contribution in [1.82, 2.24) is 0 Å². The SMILES string of the molecule is COC(=O)C1=C(O)/C(=C/c2cccc3ccccc23)N=C1C. The Kier molecular flexibility index (Phi) is 3.51. The summed E-state index contributed by atoms with van der Waals surface area (Å²) in [5, 5.41) is 12.4. The summed E-state index contributed by atoms with van der Waals surface area (Å²) in [6.07, 6.45) is 1.77. The van der Waals surface area contributed by atoms with Crippen molar-refractivity contribution in [2.24, 2.45) is 4.99 Å². The van der Waals surface area contributed by atoms with Gasteiger partial charge in [-0.05, 0) is 29.3 Å². The fourth-order valence-electron chi connectivity index (χ4n) is 2.56. The largest absolute Gasteiger partial charge is 0.505 e. The lowest BCUT2D eigenvalue weighted by Gasteiger charge is -2.03. The number of aliphatic hydroxyl groups is 1. The van der Waals surface area contributed by atoms with Gasteiger partial charge in [0.1, 0.15) is 11.3 Å². The molecule has 2 aromatic rings. The summed E-state index contributed by atoms with van der Waals surface area (Å²) in [5.41, 5.74) is 1.88. The molecule has 0 atom stereocenters. The topological polar surface area (TPSA) is 58.9 Å². The second kappa shape index (κ2) is 5.48. The van der Waals surface area contributed by atoms with Gasteiger partial charge in [-0.2, -0.15) is 0 Å². The zero-order valence-corrected chi connectivity index (χ0v) is 12.3. The van der Waals surface area contributed by atoms with Crippen molar-refractivity contribution in [1.29, 1.82) is 0 Å². The van der Waals surface area contributed by atoms with E-state index in [1.54, 1.807) is 13.0 Å². The maximum Gasteiger partial charge on any atom is 0.343 e. The number of carbonyl (C=O) groups excluding carboxylic acids is 1. The molecule has 1 aliphatic rings. The van der Waals surface area contributed by atoms with Crippen LogP contribution in [-0.2, 0) is 9.53 Å². The average molecular weight is 293 g/mol. The van der Waals surface area contributed by atoms with Gasteiger partial charge >= 0.3 is 5.97 Å². The quantitative estimate of drug-likeness (QED) is 0.860. The molecule has 1 aliphatic heterocycles. The molecule has 0 bridgehead atoms. The molecule has 0 saturated carbocycles. The smallest absolute Gasteiger partial charge is 0.343 e. The van der Waals surface area contributed by atoms with Crippen LogP contribution in [0.3, 0.4) is 0 Å². The highest BCUT2D eigenvalue weighted by Gasteiger charge is 2.27. The summed E-state index contributed by atoms with van der Waals surface area (Å²) in [6.45, 7) is 1.67. The second-order valence-electron chi connectivity index (χ2n) is 5.01. The predicted octanol–water partition coefficient (Wildman–Crippen LogP) is 3.64. The molecule has 1 heterocycles. The number of carbonyl (C=O) groups is 1. The molecule has 4 heteroatoms. The lowest BCUT2D eigenvalue weighted by atomic mass is 10.0. The van der Waals surface area contributed by atoms with E-state index in [0.717, 1.165) is 16.3 Å². The number of aliphatic hydroxyl groups excluding tert-OH is 1. The number of hydrogen-bond donors (Lipinski definition) is 1. The minimum Gasteiger partial charge on any atom is -0.505 e. The number of nitrogens with zero attached hydrogens (tertiary/aromatic N) is 1. The molecule has 0 radical (unpaired) electrons. The van der Waals surface area contributed by atoms with E-state index in [4.69, 9.17) is 0 Å². The minimum atomic E-state index is -0.583. The van der Waals surface area contributed by atoms with Crippen LogP contribution in [0.2, 0.25) is 0 Å². The third kappa shape index (κ3) is 2.29. The summed E-state index contributed by atoms with van der Waals surface area (Å²) in [7, 11) is 1.28. The second-order valence-corrected chi connectivity index (χ2v) is 5.01. The molecule has 0 amide bonds. The number of benzene rings is 2. The van der Waals surface area contributed by atoms with Gasteiger partial charge in [-0.3, -0.25) is 0 Å². The molecule has 4 nitrogen and oxygen atoms in total. The number of rotatable bonds is 2. The van der Waals surface area contributed by atoms with Crippen molar-refractivity contribution >= 4 is 28.5 Å². The standard InChI is InChI=1S/C18H15NO3/c1-11-16(18(21)22-2)17(20)15(19-11)10-13-8-5-7-12-6-3-4-9-14(12)13/h3-10,20H,1-2H3/b15-10-. The fourth-order valence-corrected chi connectivity index (χ4v) is 2.56. The molecule has 2 aromatic carbocycles. The first-order chi connectivity index (χ1) is 10.6. The number of methoxy groups -OCH3 is 1. The molecule has 0 saturated heterocycles. The lowest BCUT2D eigenvalue weighted by Crippen LogP contribution is -2.11. The molecular weight excluding hydrogens is 278 g/mol. The highest BCUT2D eigenvalue weighted by atomic mass is 16.5. The van der Waals surface area contributed by atoms with Crippen LogP contribution in [0.25, 0.3) is 16.8 Å². The monoisotopic (exact) mass is 293 g/mol. The van der Waals surface area contributed by atoms with Crippen LogP contribution >= 0.6 is 0 Å². The van der Waals surface area contributed by atoms with E-state index in [1.165, 1.54) is 7.11 Å². The molecule has 0 spiro atoms. The maximum atomic E-state index is 11.7. The lowest BCUT2D eigenvalue weighted by molar-refractivity contribution is -0.135. The summed E-state index contributed by atoms with van der Waals surface area (Å²) in [4.78, 5) is 16.0. The Hall–Kier alpha value is -2.88. The van der Waals surface area contributed by atoms with Crippen LogP contribution in [0.15, 0.2) is 64.5 Å². The maximum absolute atomic E-state index is 11.7. The highest BCUT2D eigenvalue weighted by molar-refractivity contribution is 6.22. The third-order valence-electron chi connectivity index (χ3n) is 3.63. The van der Waals surface area contributed by atoms with E-state index in [1.807, 2.05) is 42.5 Å². The predicted molar refractivity (Wildman–Crippen MR) is 86.7 cm³/mol. The van der Waals surface area contributed by atoms with Crippen LogP contribution in [0.5, 0.6) is 0 Å². The molecular formula is C18H15NO3. The van der Waals surface area contributed by atoms with Crippen molar-refractivity contribution < 1.29 is 14.6 Å². The van der Waals surface area contributed by atoms with Gasteiger partial charge in [0.25, 0.3) is 0 Å². The van der Waals surface area contributed by atoms with E-state index in [9.17, 15) is 9.90 Å². The third-order valence-corrected chi connectivity index (χ3v) is 3.63. The molecule has 0 fully saturated rings. The van der Waals surface area contributed by atoms with Gasteiger partial charge in [-0.15, -0.1) is 0 Å². The zero-order valence-electron chi connectivity index (χ0n) is 12.3. The van der Waals surface area contributed by atoms with Crippen molar-refractivity contribution in [3.8, 4) is 0 Å². The molecule has 22 heavy (non-hydrogen) atoms. The van der Waals surface area contributed by atoms with Crippen molar-refractivity contribution in [3.63, 3.8) is 0 Å². The number of aliphatic imine (C=N–C) groups is 1. The van der Waals surface area contributed by atoms with Crippen molar-refractivity contribution in [2.45, 2.75) is 6.92 Å². The zero-order chi connectivity index (χ0) is 15.7. The Bertz CT molecular complexity index is 854. The highest BCUT2D eigenvalue weighted by Crippen LogP contribution is 2.28. The summed E-state index contributed by atoms with van der Waals surface area (Å²) < 4.78 is 4.68. The summed E-state index contributed by atoms with van der Waals surface area (Å²) in [6, 6.07) is 13.9. The number of ether oxygens (including phenoxy) is 1. The van der Waals surface area contributed by atoms with E-state index < -0.39 is 5.97 Å². The molecule has 110 valence electrons. The van der Waals surface area contributed by atoms with Gasteiger partial charge in [0, 0.05) is 0 Å². The molecule has 1 N–H and O–H groups in total. The summed E-state index contributed by atoms with van der Waals surface area (Å²) >= 11 is 0. The number of fused-ring (bicyclic) bond motifs is 1. The Morgan fingerprint density at radius 3 is 2.68 bits per heavy atom. The summed E-state index contributed by atoms with van der Waals surface area (Å²) in [5.74, 6) is -0.725. The van der Waals surface area contributed by atoms with Gasteiger partial charge < -0.3 is 9.84 Å². The Balaban J connectivity index is 2.13. The average Bonchev–Trinajstić information content (AvgIpc) is 2.81. The Morgan fingerprint density at radius 1 is 1.18 bits per heavy atom. The van der Waals surface area contributed by atoms with Gasteiger partial charge in [-0.1, -0.05) is 42.5 Å². The van der Waals surface area contributed by atoms with Crippen LogP contribution < -0.4 is 0 Å². The van der Waals surface area contributed by atoms with Crippen LogP contribution in [0, 0.1) is 0 Å². The Morgan fingerprint density at radius 2 is 1.91 bits per heavy atom. The first kappa shape index (κ1) is 14.1. The van der Waals surface area contributed by atoms with Gasteiger partial charge in [0.2, 0.25) is 0 Å². The van der Waals surface area contributed by atoms with E-state index in [-0.39, 0.29) is 11.3 Å². The molecule has 0 unspecified atom stereocenters. The van der Waals surface area contributed by atoms with E-state index in [2.05, 4.69) is 9.73 Å². The first-order valence-electron chi connectivity index (χ1n) is 6.89. The van der Waals surface area contributed by atoms with Gasteiger partial charge in [0.05, 0.1) is 12.8 Å². The molecule has 3 rings (SSSR count). The van der Waals surface area contributed by atoms with Gasteiger partial charge in [0.15, 0.2) is 5.76 Å². The van der Waals surface area contributed by atoms with Crippen LogP contribution in [0.1, 0.15) is 12.5 Å². The molecule has 0 aliphatic carbocycles. The Labute approximate surface area is 128 Å². The van der Waals surface area contributed by atoms with Crippen molar-refractivity contribution in [3.05, 3.63) is 65.1 Å². The van der Waals surface area contributed by atoms with Crippen LogP contribution in [-0.4, -0.2) is 23.9 Å². The minimum absolute atomic E-state index is 0.119. The van der Waals surface area contributed by atoms with Gasteiger partial charge in [-0.25, -0.2) is 9.79 Å². The van der Waals surface area contributed by atoms with Crippen LogP contribution in [0.4, 0.5) is 0 Å². The number of esters is 1. The van der Waals surface area contributed by atoms with Crippen molar-refractivity contribution in [2.75, 3.05) is 7.11 Å². The first-order valence-corrected chi connectivity index (χ1v) is 6.89. The van der Waals surface area contributed by atoms with E-state index in [0.29, 0.717) is 11.4 Å². The number of hydrogen-bond acceptors (Lipinski definition) is 4. The molecule has 0 aromatic heterocycles.